The first-order chi connectivity index (χ1) is 11.1. The van der Waals surface area contributed by atoms with Gasteiger partial charge >= 0.3 is 0 Å². The Morgan fingerprint density at radius 1 is 1.48 bits per heavy atom. The highest BCUT2D eigenvalue weighted by Crippen LogP contribution is 2.27. The Kier molecular flexibility index (Phi) is 5.62. The summed E-state index contributed by atoms with van der Waals surface area (Å²) in [4.78, 5) is 27.4. The number of fused-ring (bicyclic) bond motifs is 1. The van der Waals surface area contributed by atoms with Crippen LogP contribution in [0.5, 0.6) is 11.5 Å². The molecule has 23 heavy (non-hydrogen) atoms. The summed E-state index contributed by atoms with van der Waals surface area (Å²) in [5.74, 6) is 1.11. The van der Waals surface area contributed by atoms with Crippen molar-refractivity contribution in [3.05, 3.63) is 36.4 Å². The SMILES string of the molecule is C=CC(=O)N(CC)CC(=O)N1CCOc2cc(OC)ccc2C1. The summed E-state index contributed by atoms with van der Waals surface area (Å²) in [5.41, 5.74) is 0.926. The largest absolute Gasteiger partial charge is 0.497 e. The van der Waals surface area contributed by atoms with Gasteiger partial charge in [0.1, 0.15) is 24.7 Å². The van der Waals surface area contributed by atoms with Crippen LogP contribution in [0.15, 0.2) is 30.9 Å². The standard InChI is InChI=1S/C17H22N2O4/c1-4-16(20)18(5-2)12-17(21)19-8-9-23-15-10-14(22-3)7-6-13(15)11-19/h4,6-7,10H,1,5,8-9,11-12H2,2-3H3. The minimum absolute atomic E-state index is 0.0485. The number of likely N-dealkylation sites (N-methyl/N-ethyl adjacent to an activating group) is 1. The van der Waals surface area contributed by atoms with Crippen molar-refractivity contribution in [2.45, 2.75) is 13.5 Å². The number of rotatable bonds is 5. The second kappa shape index (κ2) is 7.67. The molecule has 1 aliphatic rings. The summed E-state index contributed by atoms with van der Waals surface area (Å²) < 4.78 is 10.9. The Hall–Kier alpha value is -2.50. The predicted octanol–water partition coefficient (Wildman–Crippen LogP) is 1.45. The summed E-state index contributed by atoms with van der Waals surface area (Å²) in [6.45, 7) is 7.16. The molecular formula is C17H22N2O4. The average molecular weight is 318 g/mol. The van der Waals surface area contributed by atoms with Gasteiger partial charge in [0.05, 0.1) is 13.7 Å². The van der Waals surface area contributed by atoms with E-state index < -0.39 is 0 Å². The molecule has 1 aliphatic heterocycles. The lowest BCUT2D eigenvalue weighted by Gasteiger charge is -2.24. The molecule has 0 aromatic heterocycles. The lowest BCUT2D eigenvalue weighted by molar-refractivity contribution is -0.138. The van der Waals surface area contributed by atoms with Gasteiger partial charge in [-0.2, -0.15) is 0 Å². The Morgan fingerprint density at radius 3 is 2.91 bits per heavy atom. The summed E-state index contributed by atoms with van der Waals surface area (Å²) in [5, 5.41) is 0. The molecule has 0 saturated heterocycles. The van der Waals surface area contributed by atoms with Crippen molar-refractivity contribution in [1.29, 1.82) is 0 Å². The van der Waals surface area contributed by atoms with E-state index in [1.807, 2.05) is 25.1 Å². The van der Waals surface area contributed by atoms with E-state index in [2.05, 4.69) is 6.58 Å². The maximum absolute atomic E-state index is 12.5. The van der Waals surface area contributed by atoms with Gasteiger partial charge in [-0.3, -0.25) is 9.59 Å². The Labute approximate surface area is 136 Å². The summed E-state index contributed by atoms with van der Waals surface area (Å²) in [7, 11) is 1.60. The van der Waals surface area contributed by atoms with Crippen LogP contribution in [0, 0.1) is 0 Å². The van der Waals surface area contributed by atoms with E-state index in [0.29, 0.717) is 26.2 Å². The first kappa shape index (κ1) is 16.9. The lowest BCUT2D eigenvalue weighted by atomic mass is 10.2. The Bertz CT molecular complexity index is 600. The molecule has 124 valence electrons. The second-order valence-electron chi connectivity index (χ2n) is 5.19. The van der Waals surface area contributed by atoms with Crippen LogP contribution in [-0.2, 0) is 16.1 Å². The zero-order chi connectivity index (χ0) is 16.8. The highest BCUT2D eigenvalue weighted by molar-refractivity contribution is 5.90. The fourth-order valence-corrected chi connectivity index (χ4v) is 2.43. The minimum Gasteiger partial charge on any atom is -0.497 e. The highest BCUT2D eigenvalue weighted by atomic mass is 16.5. The third-order valence-corrected chi connectivity index (χ3v) is 3.80. The van der Waals surface area contributed by atoms with Crippen molar-refractivity contribution in [3.63, 3.8) is 0 Å². The summed E-state index contributed by atoms with van der Waals surface area (Å²) in [6.07, 6.45) is 1.23. The maximum atomic E-state index is 12.5. The van der Waals surface area contributed by atoms with Gasteiger partial charge in [-0.05, 0) is 25.1 Å². The van der Waals surface area contributed by atoms with Crippen molar-refractivity contribution in [3.8, 4) is 11.5 Å². The van der Waals surface area contributed by atoms with Crippen LogP contribution < -0.4 is 9.47 Å². The molecule has 0 spiro atoms. The van der Waals surface area contributed by atoms with Crippen LogP contribution in [0.1, 0.15) is 12.5 Å². The molecule has 0 bridgehead atoms. The van der Waals surface area contributed by atoms with Gasteiger partial charge in [0.15, 0.2) is 0 Å². The fraction of sp³-hybridized carbons (Fsp3) is 0.412. The number of carbonyl (C=O) groups is 2. The molecule has 0 atom stereocenters. The molecule has 0 N–H and O–H groups in total. The third kappa shape index (κ3) is 4.03. The van der Waals surface area contributed by atoms with Crippen LogP contribution in [0.3, 0.4) is 0 Å². The number of benzene rings is 1. The molecule has 1 aromatic carbocycles. The van der Waals surface area contributed by atoms with Crippen molar-refractivity contribution in [2.24, 2.45) is 0 Å². The predicted molar refractivity (Wildman–Crippen MR) is 86.4 cm³/mol. The summed E-state index contributed by atoms with van der Waals surface area (Å²) in [6, 6.07) is 5.56. The number of methoxy groups -OCH3 is 1. The zero-order valence-corrected chi connectivity index (χ0v) is 13.6. The smallest absolute Gasteiger partial charge is 0.246 e. The van der Waals surface area contributed by atoms with E-state index in [1.165, 1.54) is 11.0 Å². The third-order valence-electron chi connectivity index (χ3n) is 3.80. The minimum atomic E-state index is -0.239. The molecule has 2 amide bonds. The topological polar surface area (TPSA) is 59.1 Å². The molecule has 1 heterocycles. The van der Waals surface area contributed by atoms with Gasteiger partial charge in [0, 0.05) is 24.7 Å². The van der Waals surface area contributed by atoms with Gasteiger partial charge in [-0.15, -0.1) is 0 Å². The maximum Gasteiger partial charge on any atom is 0.246 e. The Morgan fingerprint density at radius 2 is 2.26 bits per heavy atom. The average Bonchev–Trinajstić information content (AvgIpc) is 2.80. The van der Waals surface area contributed by atoms with Gasteiger partial charge < -0.3 is 19.3 Å². The van der Waals surface area contributed by atoms with Gasteiger partial charge in [0.25, 0.3) is 0 Å². The molecule has 6 heteroatoms. The van der Waals surface area contributed by atoms with Crippen LogP contribution in [0.25, 0.3) is 0 Å². The van der Waals surface area contributed by atoms with E-state index in [-0.39, 0.29) is 18.4 Å². The first-order valence-electron chi connectivity index (χ1n) is 7.57. The lowest BCUT2D eigenvalue weighted by Crippen LogP contribution is -2.42. The number of amides is 2. The zero-order valence-electron chi connectivity index (χ0n) is 13.6. The van der Waals surface area contributed by atoms with Crippen molar-refractivity contribution < 1.29 is 19.1 Å². The van der Waals surface area contributed by atoms with E-state index >= 15 is 0 Å². The second-order valence-corrected chi connectivity index (χ2v) is 5.19. The number of ether oxygens (including phenoxy) is 2. The number of hydrogen-bond acceptors (Lipinski definition) is 4. The Balaban J connectivity index is 2.09. The molecule has 0 aliphatic carbocycles. The van der Waals surface area contributed by atoms with Crippen LogP contribution in [-0.4, -0.2) is 55.0 Å². The van der Waals surface area contributed by atoms with Crippen LogP contribution in [0.2, 0.25) is 0 Å². The van der Waals surface area contributed by atoms with Gasteiger partial charge in [-0.25, -0.2) is 0 Å². The normalized spacial score (nSPS) is 13.4. The molecule has 0 radical (unpaired) electrons. The van der Waals surface area contributed by atoms with Gasteiger partial charge in [0.2, 0.25) is 11.8 Å². The number of carbonyl (C=O) groups excluding carboxylic acids is 2. The summed E-state index contributed by atoms with van der Waals surface area (Å²) >= 11 is 0. The molecule has 0 fully saturated rings. The van der Waals surface area contributed by atoms with Crippen molar-refractivity contribution in [1.82, 2.24) is 9.80 Å². The quantitative estimate of drug-likeness (QED) is 0.771. The molecule has 0 unspecified atom stereocenters. The van der Waals surface area contributed by atoms with E-state index in [0.717, 1.165) is 17.1 Å². The van der Waals surface area contributed by atoms with Gasteiger partial charge in [-0.1, -0.05) is 6.58 Å². The molecule has 2 rings (SSSR count). The molecule has 1 aromatic rings. The van der Waals surface area contributed by atoms with Crippen molar-refractivity contribution in [2.75, 3.05) is 33.4 Å². The van der Waals surface area contributed by atoms with E-state index in [1.54, 1.807) is 12.0 Å². The van der Waals surface area contributed by atoms with Crippen LogP contribution >= 0.6 is 0 Å². The van der Waals surface area contributed by atoms with E-state index in [4.69, 9.17) is 9.47 Å². The molecule has 6 nitrogen and oxygen atoms in total. The number of hydrogen-bond donors (Lipinski definition) is 0. The molecule has 0 saturated carbocycles. The van der Waals surface area contributed by atoms with E-state index in [9.17, 15) is 9.59 Å². The first-order valence-corrected chi connectivity index (χ1v) is 7.57. The molecular weight excluding hydrogens is 296 g/mol. The number of nitrogens with zero attached hydrogens (tertiary/aromatic N) is 2. The monoisotopic (exact) mass is 318 g/mol. The highest BCUT2D eigenvalue weighted by Gasteiger charge is 2.22. The fourth-order valence-electron chi connectivity index (χ4n) is 2.43. The van der Waals surface area contributed by atoms with Crippen LogP contribution in [0.4, 0.5) is 0 Å². The van der Waals surface area contributed by atoms with Crippen molar-refractivity contribution >= 4 is 11.8 Å².